The van der Waals surface area contributed by atoms with Crippen molar-refractivity contribution in [2.24, 2.45) is 0 Å². The summed E-state index contributed by atoms with van der Waals surface area (Å²) in [7, 11) is 0. The standard InChI is InChI=1S/C27H28N2O3/c1-19-10-9-13-23(16-19)32-18-27(31)28-20(2)17-26(24-14-7-8-15-25(24)28)29(21(3)30)22-11-5-4-6-12-22/h4-16,20,26H,17-18H2,1-3H3/t20-,26+/m1/s1. The Hall–Kier alpha value is -3.60. The van der Waals surface area contributed by atoms with Crippen LogP contribution in [-0.4, -0.2) is 24.5 Å². The lowest BCUT2D eigenvalue weighted by molar-refractivity contribution is -0.121. The predicted octanol–water partition coefficient (Wildman–Crippen LogP) is 5.29. The molecule has 3 aromatic carbocycles. The molecule has 1 heterocycles. The zero-order valence-corrected chi connectivity index (χ0v) is 18.7. The minimum Gasteiger partial charge on any atom is -0.484 e. The van der Waals surface area contributed by atoms with Gasteiger partial charge in [0.1, 0.15) is 5.75 Å². The van der Waals surface area contributed by atoms with E-state index in [1.165, 1.54) is 0 Å². The lowest BCUT2D eigenvalue weighted by Crippen LogP contribution is -2.48. The van der Waals surface area contributed by atoms with Crippen LogP contribution in [0.5, 0.6) is 5.75 Å². The largest absolute Gasteiger partial charge is 0.484 e. The first-order valence-corrected chi connectivity index (χ1v) is 10.9. The maximum atomic E-state index is 13.2. The van der Waals surface area contributed by atoms with Gasteiger partial charge in [0.2, 0.25) is 5.91 Å². The molecule has 0 bridgehead atoms. The molecule has 4 rings (SSSR count). The van der Waals surface area contributed by atoms with Crippen molar-refractivity contribution in [3.05, 3.63) is 90.0 Å². The highest BCUT2D eigenvalue weighted by atomic mass is 16.5. The van der Waals surface area contributed by atoms with Crippen LogP contribution in [0.4, 0.5) is 11.4 Å². The number of nitrogens with zero attached hydrogens (tertiary/aromatic N) is 2. The molecule has 2 amide bonds. The summed E-state index contributed by atoms with van der Waals surface area (Å²) in [6.07, 6.45) is 0.641. The molecule has 0 unspecified atom stereocenters. The Kier molecular flexibility index (Phi) is 6.26. The number of benzene rings is 3. The summed E-state index contributed by atoms with van der Waals surface area (Å²) in [5, 5.41) is 0. The highest BCUT2D eigenvalue weighted by Crippen LogP contribution is 2.42. The Morgan fingerprint density at radius 3 is 2.44 bits per heavy atom. The van der Waals surface area contributed by atoms with E-state index in [9.17, 15) is 9.59 Å². The van der Waals surface area contributed by atoms with Crippen LogP contribution in [0.15, 0.2) is 78.9 Å². The number of amides is 2. The highest BCUT2D eigenvalue weighted by Gasteiger charge is 2.37. The van der Waals surface area contributed by atoms with Gasteiger partial charge >= 0.3 is 0 Å². The third kappa shape index (κ3) is 4.37. The molecule has 0 aliphatic carbocycles. The minimum atomic E-state index is -0.150. The van der Waals surface area contributed by atoms with Crippen molar-refractivity contribution in [3.8, 4) is 5.75 Å². The van der Waals surface area contributed by atoms with Crippen molar-refractivity contribution in [1.29, 1.82) is 0 Å². The molecule has 3 aromatic rings. The molecule has 164 valence electrons. The maximum Gasteiger partial charge on any atom is 0.265 e. The Morgan fingerprint density at radius 2 is 1.72 bits per heavy atom. The first-order valence-electron chi connectivity index (χ1n) is 10.9. The van der Waals surface area contributed by atoms with Crippen LogP contribution < -0.4 is 14.5 Å². The Labute approximate surface area is 189 Å². The van der Waals surface area contributed by atoms with E-state index in [1.54, 1.807) is 6.92 Å². The number of aryl methyl sites for hydroxylation is 1. The van der Waals surface area contributed by atoms with Gasteiger partial charge in [0, 0.05) is 24.3 Å². The van der Waals surface area contributed by atoms with Gasteiger partial charge in [-0.15, -0.1) is 0 Å². The molecular formula is C27H28N2O3. The SMILES string of the molecule is CC(=O)N(c1ccccc1)[C@H]1C[C@@H](C)N(C(=O)COc2cccc(C)c2)c2ccccc21. The summed E-state index contributed by atoms with van der Waals surface area (Å²) in [5.41, 5.74) is 3.74. The summed E-state index contributed by atoms with van der Waals surface area (Å²) >= 11 is 0. The van der Waals surface area contributed by atoms with Crippen LogP contribution in [-0.2, 0) is 9.59 Å². The summed E-state index contributed by atoms with van der Waals surface area (Å²) in [4.78, 5) is 29.6. The van der Waals surface area contributed by atoms with E-state index in [1.807, 2.05) is 103 Å². The zero-order chi connectivity index (χ0) is 22.7. The molecule has 0 N–H and O–H groups in total. The van der Waals surface area contributed by atoms with Crippen molar-refractivity contribution in [2.75, 3.05) is 16.4 Å². The first kappa shape index (κ1) is 21.6. The lowest BCUT2D eigenvalue weighted by atomic mass is 9.90. The van der Waals surface area contributed by atoms with E-state index >= 15 is 0 Å². The molecule has 32 heavy (non-hydrogen) atoms. The molecule has 0 fully saturated rings. The summed E-state index contributed by atoms with van der Waals surface area (Å²) in [6, 6.07) is 25.0. The third-order valence-electron chi connectivity index (χ3n) is 5.87. The molecule has 1 aliphatic rings. The fourth-order valence-corrected chi connectivity index (χ4v) is 4.50. The second kappa shape index (κ2) is 9.27. The van der Waals surface area contributed by atoms with Crippen molar-refractivity contribution in [3.63, 3.8) is 0 Å². The number of hydrogen-bond acceptors (Lipinski definition) is 3. The molecular weight excluding hydrogens is 400 g/mol. The Balaban J connectivity index is 1.63. The van der Waals surface area contributed by atoms with Crippen LogP contribution in [0, 0.1) is 6.92 Å². The van der Waals surface area contributed by atoms with E-state index in [2.05, 4.69) is 0 Å². The fourth-order valence-electron chi connectivity index (χ4n) is 4.50. The summed E-state index contributed by atoms with van der Waals surface area (Å²) < 4.78 is 5.79. The number of carbonyl (C=O) groups is 2. The highest BCUT2D eigenvalue weighted by molar-refractivity contribution is 5.98. The average molecular weight is 429 g/mol. The van der Waals surface area contributed by atoms with E-state index < -0.39 is 0 Å². The van der Waals surface area contributed by atoms with E-state index in [-0.39, 0.29) is 30.5 Å². The lowest BCUT2D eigenvalue weighted by Gasteiger charge is -2.43. The van der Waals surface area contributed by atoms with Crippen LogP contribution in [0.1, 0.15) is 37.4 Å². The molecule has 0 radical (unpaired) electrons. The molecule has 5 nitrogen and oxygen atoms in total. The molecule has 1 aliphatic heterocycles. The van der Waals surface area contributed by atoms with Gasteiger partial charge in [-0.1, -0.05) is 48.5 Å². The van der Waals surface area contributed by atoms with Gasteiger partial charge in [-0.25, -0.2) is 0 Å². The van der Waals surface area contributed by atoms with Crippen LogP contribution in [0.3, 0.4) is 0 Å². The normalized spacial score (nSPS) is 17.4. The number of anilines is 2. The Bertz CT molecular complexity index is 1110. The smallest absolute Gasteiger partial charge is 0.265 e. The second-order valence-corrected chi connectivity index (χ2v) is 8.25. The van der Waals surface area contributed by atoms with Crippen molar-refractivity contribution in [1.82, 2.24) is 0 Å². The maximum absolute atomic E-state index is 13.2. The molecule has 0 aromatic heterocycles. The van der Waals surface area contributed by atoms with Crippen molar-refractivity contribution < 1.29 is 14.3 Å². The van der Waals surface area contributed by atoms with Gasteiger partial charge in [-0.2, -0.15) is 0 Å². The quantitative estimate of drug-likeness (QED) is 0.555. The van der Waals surface area contributed by atoms with Gasteiger partial charge in [-0.05, 0) is 61.7 Å². The monoisotopic (exact) mass is 428 g/mol. The van der Waals surface area contributed by atoms with Crippen LogP contribution in [0.25, 0.3) is 0 Å². The third-order valence-corrected chi connectivity index (χ3v) is 5.87. The summed E-state index contributed by atoms with van der Waals surface area (Å²) in [5.74, 6) is 0.561. The number of fused-ring (bicyclic) bond motifs is 1. The van der Waals surface area contributed by atoms with Gasteiger partial charge in [0.15, 0.2) is 6.61 Å². The van der Waals surface area contributed by atoms with Gasteiger partial charge in [0.25, 0.3) is 5.91 Å². The number of ether oxygens (including phenoxy) is 1. The predicted molar refractivity (Wildman–Crippen MR) is 127 cm³/mol. The number of hydrogen-bond donors (Lipinski definition) is 0. The first-order chi connectivity index (χ1) is 15.5. The molecule has 5 heteroatoms. The van der Waals surface area contributed by atoms with Crippen molar-refractivity contribution >= 4 is 23.2 Å². The molecule has 0 saturated heterocycles. The number of carbonyl (C=O) groups excluding carboxylic acids is 2. The minimum absolute atomic E-state index is 0.0224. The van der Waals surface area contributed by atoms with Gasteiger partial charge in [-0.3, -0.25) is 9.59 Å². The fraction of sp³-hybridized carbons (Fsp3) is 0.259. The van der Waals surface area contributed by atoms with Crippen LogP contribution >= 0.6 is 0 Å². The second-order valence-electron chi connectivity index (χ2n) is 8.25. The van der Waals surface area contributed by atoms with E-state index in [4.69, 9.17) is 4.74 Å². The van der Waals surface area contributed by atoms with Crippen molar-refractivity contribution in [2.45, 2.75) is 39.3 Å². The van der Waals surface area contributed by atoms with Gasteiger partial charge in [0.05, 0.1) is 6.04 Å². The average Bonchev–Trinajstić information content (AvgIpc) is 2.78. The molecule has 2 atom stereocenters. The Morgan fingerprint density at radius 1 is 1.00 bits per heavy atom. The molecule has 0 spiro atoms. The van der Waals surface area contributed by atoms with Gasteiger partial charge < -0.3 is 14.5 Å². The summed E-state index contributed by atoms with van der Waals surface area (Å²) in [6.45, 7) is 5.57. The topological polar surface area (TPSA) is 49.9 Å². The molecule has 0 saturated carbocycles. The number of para-hydroxylation sites is 2. The number of rotatable bonds is 5. The van der Waals surface area contributed by atoms with E-state index in [0.717, 1.165) is 22.5 Å². The zero-order valence-electron chi connectivity index (χ0n) is 18.7. The van der Waals surface area contributed by atoms with E-state index in [0.29, 0.717) is 12.2 Å². The van der Waals surface area contributed by atoms with Crippen LogP contribution in [0.2, 0.25) is 0 Å².